The maximum Gasteiger partial charge on any atom is 0.126 e. The van der Waals surface area contributed by atoms with E-state index in [1.165, 1.54) is 11.3 Å². The van der Waals surface area contributed by atoms with Gasteiger partial charge in [0.1, 0.15) is 10.8 Å². The molecule has 0 saturated carbocycles. The van der Waals surface area contributed by atoms with Crippen molar-refractivity contribution in [2.75, 3.05) is 5.73 Å². The summed E-state index contributed by atoms with van der Waals surface area (Å²) in [6.07, 6.45) is 1.67. The van der Waals surface area contributed by atoms with E-state index in [1.807, 2.05) is 32.2 Å². The van der Waals surface area contributed by atoms with Gasteiger partial charge in [-0.2, -0.15) is 5.26 Å². The average Bonchev–Trinajstić information content (AvgIpc) is 2.82. The molecule has 4 nitrogen and oxygen atoms in total. The summed E-state index contributed by atoms with van der Waals surface area (Å²) in [5.74, 6) is 0.517. The van der Waals surface area contributed by atoms with Crippen molar-refractivity contribution in [3.8, 4) is 16.6 Å². The van der Waals surface area contributed by atoms with Gasteiger partial charge in [-0.05, 0) is 26.8 Å². The van der Waals surface area contributed by atoms with Gasteiger partial charge in [-0.15, -0.1) is 11.3 Å². The predicted octanol–water partition coefficient (Wildman–Crippen LogP) is 2.90. The van der Waals surface area contributed by atoms with E-state index in [1.54, 1.807) is 6.20 Å². The maximum atomic E-state index is 9.11. The zero-order chi connectivity index (χ0) is 13.3. The van der Waals surface area contributed by atoms with Gasteiger partial charge in [-0.1, -0.05) is 0 Å². The van der Waals surface area contributed by atoms with E-state index in [0.717, 1.165) is 21.8 Å². The molecule has 2 heterocycles. The second kappa shape index (κ2) is 4.39. The third-order valence-corrected chi connectivity index (χ3v) is 3.77. The molecular weight excluding hydrogens is 244 g/mol. The molecule has 92 valence electrons. The highest BCUT2D eigenvalue weighted by atomic mass is 32.1. The molecule has 0 aliphatic carbocycles. The molecule has 0 aliphatic heterocycles. The smallest absolute Gasteiger partial charge is 0.126 e. The first kappa shape index (κ1) is 12.5. The van der Waals surface area contributed by atoms with Crippen LogP contribution in [0.4, 0.5) is 5.82 Å². The first-order valence-electron chi connectivity index (χ1n) is 5.54. The molecule has 0 atom stereocenters. The monoisotopic (exact) mass is 258 g/mol. The second-order valence-corrected chi connectivity index (χ2v) is 5.50. The lowest BCUT2D eigenvalue weighted by atomic mass is 9.92. The SMILES string of the molecule is Cc1c(-c2nc(C(C)(C)C#N)cs2)ccnc1N. The fourth-order valence-corrected chi connectivity index (χ4v) is 2.60. The van der Waals surface area contributed by atoms with Crippen molar-refractivity contribution >= 4 is 17.2 Å². The van der Waals surface area contributed by atoms with Gasteiger partial charge in [-0.3, -0.25) is 0 Å². The van der Waals surface area contributed by atoms with Crippen molar-refractivity contribution in [2.24, 2.45) is 0 Å². The van der Waals surface area contributed by atoms with Gasteiger partial charge in [0.05, 0.1) is 17.2 Å². The number of aromatic nitrogens is 2. The summed E-state index contributed by atoms with van der Waals surface area (Å²) in [6.45, 7) is 5.65. The Bertz CT molecular complexity index is 622. The Balaban J connectivity index is 2.49. The number of nitrogens with two attached hydrogens (primary N) is 1. The number of pyridine rings is 1. The molecule has 2 N–H and O–H groups in total. The first-order chi connectivity index (χ1) is 8.45. The van der Waals surface area contributed by atoms with Gasteiger partial charge >= 0.3 is 0 Å². The minimum absolute atomic E-state index is 0.517. The summed E-state index contributed by atoms with van der Waals surface area (Å²) in [7, 11) is 0. The molecule has 0 spiro atoms. The summed E-state index contributed by atoms with van der Waals surface area (Å²) < 4.78 is 0. The highest BCUT2D eigenvalue weighted by Gasteiger charge is 2.23. The van der Waals surface area contributed by atoms with E-state index in [4.69, 9.17) is 11.0 Å². The molecule has 0 unspecified atom stereocenters. The average molecular weight is 258 g/mol. The van der Waals surface area contributed by atoms with Crippen LogP contribution in [0.5, 0.6) is 0 Å². The van der Waals surface area contributed by atoms with Gasteiger partial charge in [0, 0.05) is 22.7 Å². The topological polar surface area (TPSA) is 75.6 Å². The second-order valence-electron chi connectivity index (χ2n) is 4.64. The highest BCUT2D eigenvalue weighted by Crippen LogP contribution is 2.32. The van der Waals surface area contributed by atoms with E-state index in [2.05, 4.69) is 16.0 Å². The zero-order valence-corrected chi connectivity index (χ0v) is 11.4. The molecule has 0 aromatic carbocycles. The Morgan fingerprint density at radius 3 is 2.83 bits per heavy atom. The van der Waals surface area contributed by atoms with Gasteiger partial charge in [0.2, 0.25) is 0 Å². The number of nitrogens with zero attached hydrogens (tertiary/aromatic N) is 3. The summed E-state index contributed by atoms with van der Waals surface area (Å²) in [5.41, 5.74) is 7.92. The van der Waals surface area contributed by atoms with Crippen LogP contribution in [0.2, 0.25) is 0 Å². The van der Waals surface area contributed by atoms with Gasteiger partial charge in [0.15, 0.2) is 0 Å². The van der Waals surface area contributed by atoms with Crippen LogP contribution < -0.4 is 5.73 Å². The van der Waals surface area contributed by atoms with Crippen LogP contribution in [0, 0.1) is 18.3 Å². The quantitative estimate of drug-likeness (QED) is 0.898. The van der Waals surface area contributed by atoms with Gasteiger partial charge in [0.25, 0.3) is 0 Å². The molecule has 0 aliphatic rings. The third kappa shape index (κ3) is 2.07. The van der Waals surface area contributed by atoms with Crippen LogP contribution >= 0.6 is 11.3 Å². The molecule has 18 heavy (non-hydrogen) atoms. The van der Waals surface area contributed by atoms with Crippen molar-refractivity contribution in [3.05, 3.63) is 28.9 Å². The van der Waals surface area contributed by atoms with E-state index in [0.29, 0.717) is 5.82 Å². The Labute approximate surface area is 110 Å². The Hall–Kier alpha value is -1.93. The number of nitriles is 1. The number of hydrogen-bond donors (Lipinski definition) is 1. The lowest BCUT2D eigenvalue weighted by Crippen LogP contribution is -2.14. The Morgan fingerprint density at radius 2 is 2.17 bits per heavy atom. The molecular formula is C13H14N4S. The fraction of sp³-hybridized carbons (Fsp3) is 0.308. The number of nitrogen functional groups attached to an aromatic ring is 1. The third-order valence-electron chi connectivity index (χ3n) is 2.90. The normalized spacial score (nSPS) is 11.2. The van der Waals surface area contributed by atoms with Gasteiger partial charge in [-0.25, -0.2) is 9.97 Å². The Kier molecular flexibility index (Phi) is 3.05. The van der Waals surface area contributed by atoms with E-state index in [-0.39, 0.29) is 0 Å². The number of anilines is 1. The summed E-state index contributed by atoms with van der Waals surface area (Å²) in [6, 6.07) is 4.15. The molecule has 2 aromatic rings. The molecule has 0 radical (unpaired) electrons. The van der Waals surface area contributed by atoms with Crippen molar-refractivity contribution in [2.45, 2.75) is 26.2 Å². The minimum Gasteiger partial charge on any atom is -0.383 e. The lowest BCUT2D eigenvalue weighted by molar-refractivity contribution is 0.666. The summed E-state index contributed by atoms with van der Waals surface area (Å²) >= 11 is 1.52. The molecule has 2 aromatic heterocycles. The number of rotatable bonds is 2. The van der Waals surface area contributed by atoms with Crippen LogP contribution in [-0.4, -0.2) is 9.97 Å². The molecule has 0 saturated heterocycles. The van der Waals surface area contributed by atoms with Crippen LogP contribution in [0.3, 0.4) is 0 Å². The first-order valence-corrected chi connectivity index (χ1v) is 6.42. The van der Waals surface area contributed by atoms with Crippen molar-refractivity contribution in [1.82, 2.24) is 9.97 Å². The fourth-order valence-electron chi connectivity index (χ4n) is 1.53. The molecule has 5 heteroatoms. The van der Waals surface area contributed by atoms with E-state index < -0.39 is 5.41 Å². The van der Waals surface area contributed by atoms with Crippen molar-refractivity contribution < 1.29 is 0 Å². The minimum atomic E-state index is -0.568. The van der Waals surface area contributed by atoms with Crippen molar-refractivity contribution in [1.29, 1.82) is 5.26 Å². The molecule has 0 fully saturated rings. The van der Waals surface area contributed by atoms with Crippen molar-refractivity contribution in [3.63, 3.8) is 0 Å². The maximum absolute atomic E-state index is 9.11. The van der Waals surface area contributed by atoms with E-state index >= 15 is 0 Å². The van der Waals surface area contributed by atoms with E-state index in [9.17, 15) is 0 Å². The Morgan fingerprint density at radius 1 is 1.44 bits per heavy atom. The zero-order valence-electron chi connectivity index (χ0n) is 10.6. The van der Waals surface area contributed by atoms with Crippen LogP contribution in [0.15, 0.2) is 17.6 Å². The standard InChI is InChI=1S/C13H14N4S/c1-8-9(4-5-16-11(8)15)12-17-10(6-18-12)13(2,3)7-14/h4-6H,1-3H3,(H2,15,16). The summed E-state index contributed by atoms with van der Waals surface area (Å²) in [5, 5.41) is 11.9. The van der Waals surface area contributed by atoms with Crippen LogP contribution in [0.1, 0.15) is 25.1 Å². The van der Waals surface area contributed by atoms with Crippen LogP contribution in [-0.2, 0) is 5.41 Å². The van der Waals surface area contributed by atoms with Crippen LogP contribution in [0.25, 0.3) is 10.6 Å². The molecule has 0 amide bonds. The lowest BCUT2D eigenvalue weighted by Gasteiger charge is -2.10. The largest absolute Gasteiger partial charge is 0.383 e. The highest BCUT2D eigenvalue weighted by molar-refractivity contribution is 7.13. The number of thiazole rings is 1. The number of hydrogen-bond acceptors (Lipinski definition) is 5. The summed E-state index contributed by atoms with van der Waals surface area (Å²) in [4.78, 5) is 8.58. The molecule has 0 bridgehead atoms. The molecule has 2 rings (SSSR count). The van der Waals surface area contributed by atoms with Gasteiger partial charge < -0.3 is 5.73 Å². The predicted molar refractivity (Wildman–Crippen MR) is 73.1 cm³/mol.